The summed E-state index contributed by atoms with van der Waals surface area (Å²) < 4.78 is -0.0880. The summed E-state index contributed by atoms with van der Waals surface area (Å²) >= 11 is -0.769. The normalized spacial score (nSPS) is 14.9. The number of nitrogens with two attached hydrogens (primary N) is 1. The van der Waals surface area contributed by atoms with Gasteiger partial charge in [0, 0.05) is 0 Å². The van der Waals surface area contributed by atoms with Crippen LogP contribution < -0.4 is 5.73 Å². The molecule has 12 heavy (non-hydrogen) atoms. The molecule has 0 aromatic heterocycles. The molecule has 0 amide bonds. The first-order chi connectivity index (χ1) is 5.27. The van der Waals surface area contributed by atoms with Gasteiger partial charge in [0.05, 0.1) is 0 Å². The van der Waals surface area contributed by atoms with E-state index in [0.717, 1.165) is 0 Å². The van der Waals surface area contributed by atoms with E-state index in [2.05, 4.69) is 25.3 Å². The van der Waals surface area contributed by atoms with E-state index in [9.17, 15) is 4.79 Å². The third kappa shape index (κ3) is 3.97. The van der Waals surface area contributed by atoms with E-state index in [-0.39, 0.29) is 16.6 Å². The van der Waals surface area contributed by atoms with E-state index in [4.69, 9.17) is 5.73 Å². The van der Waals surface area contributed by atoms with Crippen LogP contribution in [0.3, 0.4) is 0 Å². The zero-order chi connectivity index (χ0) is 9.94. The number of hydrogen-bond donors (Lipinski definition) is 1. The van der Waals surface area contributed by atoms with Crippen molar-refractivity contribution in [3.63, 3.8) is 0 Å². The summed E-state index contributed by atoms with van der Waals surface area (Å²) in [4.78, 5) is 11.0. The molecular weight excluding hydrogens is 233 g/mol. The number of hydrogen-bond acceptors (Lipinski definition) is 3. The van der Waals surface area contributed by atoms with E-state index in [1.54, 1.807) is 6.92 Å². The molecule has 1 atom stereocenters. The van der Waals surface area contributed by atoms with E-state index in [1.807, 2.05) is 10.0 Å². The minimum absolute atomic E-state index is 0.0864. The number of rotatable bonds is 4. The Bertz CT molecular complexity index is 170. The predicted molar refractivity (Wildman–Crippen MR) is 57.8 cm³/mol. The first-order valence-corrected chi connectivity index (χ1v) is 10.7. The molecule has 4 heteroatoms. The van der Waals surface area contributed by atoms with Gasteiger partial charge < -0.3 is 0 Å². The molecule has 0 saturated heterocycles. The molecule has 0 saturated carbocycles. The van der Waals surface area contributed by atoms with Crippen molar-refractivity contribution in [2.75, 3.05) is 0 Å². The van der Waals surface area contributed by atoms with Crippen molar-refractivity contribution in [3.05, 3.63) is 0 Å². The van der Waals surface area contributed by atoms with Gasteiger partial charge in [0.25, 0.3) is 0 Å². The van der Waals surface area contributed by atoms with Crippen LogP contribution in [0.1, 0.15) is 20.8 Å². The van der Waals surface area contributed by atoms with Crippen molar-refractivity contribution in [1.29, 1.82) is 0 Å². The second-order valence-electron chi connectivity index (χ2n) is 3.60. The van der Waals surface area contributed by atoms with Gasteiger partial charge in [0.1, 0.15) is 0 Å². The molecule has 0 fully saturated rings. The summed E-state index contributed by atoms with van der Waals surface area (Å²) in [6.07, 6.45) is 0. The quantitative estimate of drug-likeness (QED) is 0.773. The predicted octanol–water partition coefficient (Wildman–Crippen LogP) is 1.67. The number of ketones is 1. The average molecular weight is 251 g/mol. The fraction of sp³-hybridized carbons (Fsp3) is 0.875. The Morgan fingerprint density at radius 2 is 1.92 bits per heavy atom. The maximum atomic E-state index is 11.0. The Hall–Kier alpha value is 0.538. The Labute approximate surface area is 82.9 Å². The topological polar surface area (TPSA) is 43.1 Å². The van der Waals surface area contributed by atoms with Crippen LogP contribution in [-0.2, 0) is 4.79 Å². The van der Waals surface area contributed by atoms with Gasteiger partial charge in [0.15, 0.2) is 0 Å². The summed E-state index contributed by atoms with van der Waals surface area (Å²) in [6.45, 7) is 5.67. The Morgan fingerprint density at radius 3 is 2.17 bits per heavy atom. The number of carbonyl (C=O) groups is 1. The standard InChI is InChI=1S/C8H18AsNOS/c1-6(11)7(10)8(2,3)12-9(4)5/h7H,10H2,1-5H3. The third-order valence-corrected chi connectivity index (χ3v) is 7.95. The van der Waals surface area contributed by atoms with Gasteiger partial charge in [-0.15, -0.1) is 0 Å². The molecule has 0 bridgehead atoms. The van der Waals surface area contributed by atoms with Crippen molar-refractivity contribution in [2.45, 2.75) is 43.0 Å². The van der Waals surface area contributed by atoms with Crippen molar-refractivity contribution in [1.82, 2.24) is 0 Å². The van der Waals surface area contributed by atoms with Crippen LogP contribution in [0.5, 0.6) is 0 Å². The fourth-order valence-corrected chi connectivity index (χ4v) is 8.88. The van der Waals surface area contributed by atoms with Gasteiger partial charge in [-0.3, -0.25) is 0 Å². The van der Waals surface area contributed by atoms with Crippen molar-refractivity contribution < 1.29 is 4.79 Å². The van der Waals surface area contributed by atoms with Gasteiger partial charge in [0.2, 0.25) is 0 Å². The van der Waals surface area contributed by atoms with E-state index in [0.29, 0.717) is 0 Å². The number of carbonyl (C=O) groups excluding carboxylic acids is 1. The Kier molecular flexibility index (Phi) is 4.90. The number of Topliss-reactive ketones (excluding diaryl/α,β-unsaturated/α-hetero) is 1. The van der Waals surface area contributed by atoms with E-state index < -0.39 is 13.5 Å². The molecule has 0 spiro atoms. The summed E-state index contributed by atoms with van der Waals surface area (Å²) in [5.41, 5.74) is 10.3. The van der Waals surface area contributed by atoms with E-state index >= 15 is 0 Å². The summed E-state index contributed by atoms with van der Waals surface area (Å²) in [5.74, 6) is 0.0864. The van der Waals surface area contributed by atoms with Gasteiger partial charge in [-0.1, -0.05) is 0 Å². The molecule has 0 rings (SSSR count). The molecule has 0 aliphatic carbocycles. The van der Waals surface area contributed by atoms with Crippen LogP contribution in [0.2, 0.25) is 11.4 Å². The molecule has 0 aliphatic heterocycles. The van der Waals surface area contributed by atoms with Gasteiger partial charge >= 0.3 is 82.8 Å². The third-order valence-electron chi connectivity index (χ3n) is 1.60. The summed E-state index contributed by atoms with van der Waals surface area (Å²) in [5, 5.41) is 0. The summed E-state index contributed by atoms with van der Waals surface area (Å²) in [7, 11) is 1.89. The molecule has 2 nitrogen and oxygen atoms in total. The van der Waals surface area contributed by atoms with Gasteiger partial charge in [-0.05, 0) is 0 Å². The zero-order valence-corrected chi connectivity index (χ0v) is 11.1. The second-order valence-corrected chi connectivity index (χ2v) is 13.2. The van der Waals surface area contributed by atoms with Gasteiger partial charge in [-0.25, -0.2) is 0 Å². The molecule has 0 heterocycles. The minimum atomic E-state index is -0.769. The van der Waals surface area contributed by atoms with Crippen molar-refractivity contribution in [3.8, 4) is 0 Å². The van der Waals surface area contributed by atoms with Crippen LogP contribution in [0, 0.1) is 0 Å². The molecule has 0 aromatic carbocycles. The van der Waals surface area contributed by atoms with Crippen LogP contribution in [-0.4, -0.2) is 30.1 Å². The zero-order valence-electron chi connectivity index (χ0n) is 8.42. The molecule has 0 radical (unpaired) electrons. The summed E-state index contributed by atoms with van der Waals surface area (Å²) in [6, 6.07) is -0.320. The Balaban J connectivity index is 4.28. The molecule has 72 valence electrons. The van der Waals surface area contributed by atoms with Crippen LogP contribution in [0.4, 0.5) is 0 Å². The molecule has 0 aliphatic rings. The van der Waals surface area contributed by atoms with Crippen LogP contribution in [0.25, 0.3) is 0 Å². The van der Waals surface area contributed by atoms with Crippen LogP contribution in [0.15, 0.2) is 0 Å². The molecule has 2 N–H and O–H groups in total. The first-order valence-electron chi connectivity index (χ1n) is 3.90. The SMILES string of the molecule is CC(=O)C(N)C(C)(C)S[As](C)C. The Morgan fingerprint density at radius 1 is 1.50 bits per heavy atom. The van der Waals surface area contributed by atoms with E-state index in [1.165, 1.54) is 0 Å². The van der Waals surface area contributed by atoms with Crippen molar-refractivity contribution in [2.24, 2.45) is 5.73 Å². The van der Waals surface area contributed by atoms with Crippen LogP contribution >= 0.6 is 10.0 Å². The monoisotopic (exact) mass is 251 g/mol. The molecular formula is C8H18AsNOS. The molecule has 0 aromatic rings. The van der Waals surface area contributed by atoms with Gasteiger partial charge in [-0.2, -0.15) is 0 Å². The first kappa shape index (κ1) is 12.5. The van der Waals surface area contributed by atoms with Crippen molar-refractivity contribution >= 4 is 29.3 Å². The average Bonchev–Trinajstić information content (AvgIpc) is 1.82. The second kappa shape index (κ2) is 4.69. The maximum absolute atomic E-state index is 11.0. The fourth-order valence-electron chi connectivity index (χ4n) is 1.02. The molecule has 1 unspecified atom stereocenters.